The maximum absolute atomic E-state index is 6.88. The Hall–Kier alpha value is -7.40. The smallest absolute Gasteiger partial charge is 0.145 e. The highest BCUT2D eigenvalue weighted by atomic mass is 32.1. The maximum Gasteiger partial charge on any atom is 0.145 e. The van der Waals surface area contributed by atoms with E-state index in [1.165, 1.54) is 47.5 Å². The molecule has 0 N–H and O–H groups in total. The molecule has 9 aromatic carbocycles. The maximum atomic E-state index is 6.88. The second-order valence-corrected chi connectivity index (χ2v) is 15.9. The third-order valence-electron chi connectivity index (χ3n) is 11.6. The SMILES string of the molecule is c1ccc(N(c2ccccc2-c2ccc3sc4ccccc4c3c2)c2ccc(-c3ccc(-n4c5ccccc5c5ccccc54)cc3)c3oc4ccccc4c23)cc1. The average Bonchev–Trinajstić information content (AvgIpc) is 3.97. The molecule has 0 aliphatic heterocycles. The molecule has 0 aliphatic carbocycles. The van der Waals surface area contributed by atoms with Crippen molar-refractivity contribution in [3.05, 3.63) is 206 Å². The number of hydrogen-bond donors (Lipinski definition) is 0. The lowest BCUT2D eigenvalue weighted by molar-refractivity contribution is 0.670. The molecule has 0 aliphatic rings. The van der Waals surface area contributed by atoms with Gasteiger partial charge >= 0.3 is 0 Å². The van der Waals surface area contributed by atoms with Crippen LogP contribution in [-0.2, 0) is 0 Å². The number of rotatable bonds is 6. The van der Waals surface area contributed by atoms with Gasteiger partial charge in [-0.15, -0.1) is 11.3 Å². The Balaban J connectivity index is 1.05. The quantitative estimate of drug-likeness (QED) is 0.168. The van der Waals surface area contributed by atoms with Crippen LogP contribution in [0.2, 0.25) is 0 Å². The molecule has 4 heteroatoms. The summed E-state index contributed by atoms with van der Waals surface area (Å²) in [6, 6.07) is 74.3. The standard InChI is InChI=1S/C54H34N2OS/c1-2-14-37(15-3-1)56(46-21-9-4-16-39(46)36-28-33-52-45(34-36)43-19-8-13-25-51(43)58-52)49-32-31-40(54-53(49)44-20-7-12-24-50(44)57-54)35-26-29-38(30-27-35)55-47-22-10-5-17-41(47)42-18-6-11-23-48(42)55/h1-34H. The molecule has 272 valence electrons. The van der Waals surface area contributed by atoms with Gasteiger partial charge in [0.1, 0.15) is 11.2 Å². The predicted molar refractivity (Wildman–Crippen MR) is 247 cm³/mol. The van der Waals surface area contributed by atoms with E-state index in [0.29, 0.717) is 0 Å². The van der Waals surface area contributed by atoms with Gasteiger partial charge in [0, 0.05) is 58.8 Å². The zero-order chi connectivity index (χ0) is 38.2. The average molecular weight is 759 g/mol. The lowest BCUT2D eigenvalue weighted by atomic mass is 9.97. The number of nitrogens with zero attached hydrogens (tertiary/aromatic N) is 2. The Morgan fingerprint density at radius 1 is 0.414 bits per heavy atom. The summed E-state index contributed by atoms with van der Waals surface area (Å²) in [5.41, 5.74) is 13.0. The Bertz CT molecular complexity index is 3460. The largest absolute Gasteiger partial charge is 0.455 e. The number of thiophene rings is 1. The second-order valence-electron chi connectivity index (χ2n) is 14.8. The number of benzene rings is 9. The molecule has 12 aromatic rings. The number of hydrogen-bond acceptors (Lipinski definition) is 3. The van der Waals surface area contributed by atoms with Gasteiger partial charge in [-0.3, -0.25) is 0 Å². The molecule has 3 aromatic heterocycles. The number of para-hydroxylation sites is 5. The van der Waals surface area contributed by atoms with E-state index in [4.69, 9.17) is 4.42 Å². The van der Waals surface area contributed by atoms with Crippen molar-refractivity contribution in [3.8, 4) is 27.9 Å². The van der Waals surface area contributed by atoms with Crippen molar-refractivity contribution >= 4 is 92.3 Å². The number of anilines is 3. The summed E-state index contributed by atoms with van der Waals surface area (Å²) in [4.78, 5) is 2.41. The molecule has 0 amide bonds. The molecular weight excluding hydrogens is 725 g/mol. The minimum atomic E-state index is 0.865. The van der Waals surface area contributed by atoms with Crippen LogP contribution in [0.1, 0.15) is 0 Å². The van der Waals surface area contributed by atoms with Crippen LogP contribution >= 0.6 is 11.3 Å². The molecule has 0 unspecified atom stereocenters. The molecule has 0 saturated heterocycles. The highest BCUT2D eigenvalue weighted by Crippen LogP contribution is 2.49. The molecule has 3 heterocycles. The summed E-state index contributed by atoms with van der Waals surface area (Å²) < 4.78 is 11.9. The first-order chi connectivity index (χ1) is 28.8. The highest BCUT2D eigenvalue weighted by Gasteiger charge is 2.24. The topological polar surface area (TPSA) is 21.3 Å². The minimum Gasteiger partial charge on any atom is -0.455 e. The van der Waals surface area contributed by atoms with Crippen LogP contribution < -0.4 is 4.90 Å². The Labute approximate surface area is 338 Å². The summed E-state index contributed by atoms with van der Waals surface area (Å²) in [6.45, 7) is 0. The van der Waals surface area contributed by atoms with Gasteiger partial charge in [0.25, 0.3) is 0 Å². The fourth-order valence-electron chi connectivity index (χ4n) is 9.01. The number of aromatic nitrogens is 1. The Morgan fingerprint density at radius 3 is 1.83 bits per heavy atom. The number of fused-ring (bicyclic) bond motifs is 9. The monoisotopic (exact) mass is 758 g/mol. The lowest BCUT2D eigenvalue weighted by Gasteiger charge is -2.29. The van der Waals surface area contributed by atoms with Crippen LogP contribution in [0.25, 0.3) is 91.9 Å². The van der Waals surface area contributed by atoms with Gasteiger partial charge in [0.15, 0.2) is 0 Å². The van der Waals surface area contributed by atoms with Crippen molar-refractivity contribution in [1.29, 1.82) is 0 Å². The molecular formula is C54H34N2OS. The second kappa shape index (κ2) is 13.1. The van der Waals surface area contributed by atoms with Crippen molar-refractivity contribution in [2.75, 3.05) is 4.90 Å². The van der Waals surface area contributed by atoms with Crippen molar-refractivity contribution in [2.45, 2.75) is 0 Å². The van der Waals surface area contributed by atoms with E-state index in [9.17, 15) is 0 Å². The van der Waals surface area contributed by atoms with E-state index in [1.807, 2.05) is 11.3 Å². The third kappa shape index (κ3) is 5.05. The molecule has 3 nitrogen and oxygen atoms in total. The van der Waals surface area contributed by atoms with Crippen molar-refractivity contribution in [3.63, 3.8) is 0 Å². The summed E-state index contributed by atoms with van der Waals surface area (Å²) in [5.74, 6) is 0. The van der Waals surface area contributed by atoms with Crippen LogP contribution in [0.3, 0.4) is 0 Å². The molecule has 0 fully saturated rings. The van der Waals surface area contributed by atoms with Gasteiger partial charge in [-0.1, -0.05) is 127 Å². The van der Waals surface area contributed by atoms with Gasteiger partial charge < -0.3 is 13.9 Å². The van der Waals surface area contributed by atoms with Crippen molar-refractivity contribution < 1.29 is 4.42 Å². The predicted octanol–water partition coefficient (Wildman–Crippen LogP) is 15.9. The summed E-state index contributed by atoms with van der Waals surface area (Å²) in [7, 11) is 0. The number of furan rings is 1. The minimum absolute atomic E-state index is 0.865. The summed E-state index contributed by atoms with van der Waals surface area (Å²) in [6.07, 6.45) is 0. The fraction of sp³-hybridized carbons (Fsp3) is 0. The van der Waals surface area contributed by atoms with E-state index in [2.05, 4.69) is 216 Å². The van der Waals surface area contributed by atoms with E-state index in [-0.39, 0.29) is 0 Å². The van der Waals surface area contributed by atoms with Crippen LogP contribution in [0.15, 0.2) is 211 Å². The fourth-order valence-corrected chi connectivity index (χ4v) is 10.1. The summed E-state index contributed by atoms with van der Waals surface area (Å²) in [5, 5.41) is 7.26. The van der Waals surface area contributed by atoms with Crippen LogP contribution in [0.5, 0.6) is 0 Å². The van der Waals surface area contributed by atoms with Crippen molar-refractivity contribution in [1.82, 2.24) is 4.57 Å². The summed E-state index contributed by atoms with van der Waals surface area (Å²) >= 11 is 1.85. The zero-order valence-corrected chi connectivity index (χ0v) is 32.2. The van der Waals surface area contributed by atoms with Gasteiger partial charge in [-0.05, 0) is 90.0 Å². The Kier molecular flexibility index (Phi) is 7.40. The van der Waals surface area contributed by atoms with Crippen LogP contribution in [0.4, 0.5) is 17.1 Å². The lowest BCUT2D eigenvalue weighted by Crippen LogP contribution is -2.11. The first-order valence-electron chi connectivity index (χ1n) is 19.7. The van der Waals surface area contributed by atoms with Crippen molar-refractivity contribution in [2.24, 2.45) is 0 Å². The molecule has 0 saturated carbocycles. The van der Waals surface area contributed by atoms with Crippen LogP contribution in [-0.4, -0.2) is 4.57 Å². The Morgan fingerprint density at radius 2 is 1.03 bits per heavy atom. The third-order valence-corrected chi connectivity index (χ3v) is 12.8. The van der Waals surface area contributed by atoms with E-state index < -0.39 is 0 Å². The van der Waals surface area contributed by atoms with Crippen LogP contribution in [0, 0.1) is 0 Å². The molecule has 58 heavy (non-hydrogen) atoms. The molecule has 0 radical (unpaired) electrons. The van der Waals surface area contributed by atoms with Gasteiger partial charge in [-0.25, -0.2) is 0 Å². The normalized spacial score (nSPS) is 11.8. The molecule has 12 rings (SSSR count). The van der Waals surface area contributed by atoms with Gasteiger partial charge in [0.05, 0.1) is 27.8 Å². The van der Waals surface area contributed by atoms with Gasteiger partial charge in [0.2, 0.25) is 0 Å². The molecule has 0 bridgehead atoms. The highest BCUT2D eigenvalue weighted by molar-refractivity contribution is 7.25. The first kappa shape index (κ1) is 32.8. The van der Waals surface area contributed by atoms with E-state index in [0.717, 1.165) is 61.4 Å². The first-order valence-corrected chi connectivity index (χ1v) is 20.5. The van der Waals surface area contributed by atoms with E-state index >= 15 is 0 Å². The van der Waals surface area contributed by atoms with Gasteiger partial charge in [-0.2, -0.15) is 0 Å². The molecule has 0 spiro atoms. The zero-order valence-electron chi connectivity index (χ0n) is 31.3. The van der Waals surface area contributed by atoms with E-state index in [1.54, 1.807) is 0 Å². The molecule has 0 atom stereocenters.